The Balaban J connectivity index is 1.23. The van der Waals surface area contributed by atoms with Crippen LogP contribution >= 0.6 is 0 Å². The Hall–Kier alpha value is -2.01. The number of hydrogen-bond donors (Lipinski definition) is 1. The molecule has 2 atom stereocenters. The molecule has 9 nitrogen and oxygen atoms in total. The molecular weight excluding hydrogens is 408 g/mol. The number of rotatable bonds is 4. The second-order valence-electron chi connectivity index (χ2n) is 8.60. The number of amides is 1. The highest BCUT2D eigenvalue weighted by atomic mass is 32.2. The van der Waals surface area contributed by atoms with Gasteiger partial charge in [0.2, 0.25) is 5.91 Å². The summed E-state index contributed by atoms with van der Waals surface area (Å²) in [5.74, 6) is -0.218. The number of imidazole rings is 1. The standard InChI is InChI=1S/C20H26N4O5S/c1-14-16(24-5-3-2-4-18(24)21-14)9-23-6-7-29-20(12-23)8-17(28-13-20)19(25)22-15-10-30(26,27)11-15/h2-5,15,17H,6-13H2,1H3,(H,22,25)/t17-,20+/m0/s1. The highest BCUT2D eigenvalue weighted by molar-refractivity contribution is 7.92. The van der Waals surface area contributed by atoms with Crippen LogP contribution in [0.15, 0.2) is 24.4 Å². The third kappa shape index (κ3) is 3.73. The van der Waals surface area contributed by atoms with E-state index in [1.54, 1.807) is 0 Å². The van der Waals surface area contributed by atoms with Gasteiger partial charge in [0.1, 0.15) is 17.4 Å². The predicted molar refractivity (Wildman–Crippen MR) is 109 cm³/mol. The Kier molecular flexibility index (Phi) is 4.85. The molecule has 1 amide bonds. The number of sulfone groups is 1. The number of morpholine rings is 1. The maximum atomic E-state index is 12.5. The molecule has 0 unspecified atom stereocenters. The van der Waals surface area contributed by atoms with E-state index in [2.05, 4.69) is 19.6 Å². The van der Waals surface area contributed by atoms with Crippen molar-refractivity contribution in [2.24, 2.45) is 0 Å². The van der Waals surface area contributed by atoms with Crippen molar-refractivity contribution in [3.63, 3.8) is 0 Å². The van der Waals surface area contributed by atoms with E-state index in [0.717, 1.165) is 30.1 Å². The van der Waals surface area contributed by atoms with Gasteiger partial charge in [0, 0.05) is 32.3 Å². The van der Waals surface area contributed by atoms with E-state index in [0.29, 0.717) is 26.2 Å². The quantitative estimate of drug-likeness (QED) is 0.718. The second-order valence-corrected chi connectivity index (χ2v) is 10.8. The zero-order chi connectivity index (χ0) is 20.9. The van der Waals surface area contributed by atoms with Crippen LogP contribution in [0.25, 0.3) is 5.65 Å². The maximum Gasteiger partial charge on any atom is 0.249 e. The number of nitrogens with one attached hydrogen (secondary N) is 1. The lowest BCUT2D eigenvalue weighted by Crippen LogP contribution is -2.55. The van der Waals surface area contributed by atoms with Gasteiger partial charge in [-0.3, -0.25) is 9.69 Å². The van der Waals surface area contributed by atoms with E-state index >= 15 is 0 Å². The number of aryl methyl sites for hydroxylation is 1. The summed E-state index contributed by atoms with van der Waals surface area (Å²) in [6, 6.07) is 5.68. The Morgan fingerprint density at radius 3 is 3.00 bits per heavy atom. The summed E-state index contributed by atoms with van der Waals surface area (Å²) < 4.78 is 36.6. The van der Waals surface area contributed by atoms with Crippen LogP contribution in [0.5, 0.6) is 0 Å². The van der Waals surface area contributed by atoms with Crippen LogP contribution in [0.3, 0.4) is 0 Å². The molecule has 5 rings (SSSR count). The lowest BCUT2D eigenvalue weighted by Gasteiger charge is -2.39. The van der Waals surface area contributed by atoms with Crippen molar-refractivity contribution in [1.29, 1.82) is 0 Å². The normalized spacial score (nSPS) is 29.3. The number of ether oxygens (including phenoxy) is 2. The fraction of sp³-hybridized carbons (Fsp3) is 0.600. The summed E-state index contributed by atoms with van der Waals surface area (Å²) in [6.07, 6.45) is 1.90. The summed E-state index contributed by atoms with van der Waals surface area (Å²) in [5.41, 5.74) is 2.59. The van der Waals surface area contributed by atoms with Gasteiger partial charge < -0.3 is 19.2 Å². The molecule has 0 aromatic carbocycles. The van der Waals surface area contributed by atoms with E-state index in [-0.39, 0.29) is 23.5 Å². The molecule has 1 N–H and O–H groups in total. The van der Waals surface area contributed by atoms with Gasteiger partial charge in [-0.2, -0.15) is 0 Å². The molecule has 2 aromatic rings. The molecule has 30 heavy (non-hydrogen) atoms. The Morgan fingerprint density at radius 2 is 2.20 bits per heavy atom. The lowest BCUT2D eigenvalue weighted by molar-refractivity contribution is -0.130. The minimum atomic E-state index is -2.97. The van der Waals surface area contributed by atoms with Crippen molar-refractivity contribution < 1.29 is 22.7 Å². The van der Waals surface area contributed by atoms with E-state index in [1.165, 1.54) is 0 Å². The first kappa shape index (κ1) is 19.9. The van der Waals surface area contributed by atoms with Crippen LogP contribution in [0.2, 0.25) is 0 Å². The maximum absolute atomic E-state index is 12.5. The number of fused-ring (bicyclic) bond motifs is 1. The van der Waals surface area contributed by atoms with E-state index in [1.807, 2.05) is 31.3 Å². The predicted octanol–water partition coefficient (Wildman–Crippen LogP) is -0.0842. The second kappa shape index (κ2) is 7.30. The van der Waals surface area contributed by atoms with Crippen molar-refractivity contribution in [1.82, 2.24) is 19.6 Å². The molecule has 0 radical (unpaired) electrons. The van der Waals surface area contributed by atoms with Gasteiger partial charge >= 0.3 is 0 Å². The Morgan fingerprint density at radius 1 is 1.37 bits per heavy atom. The van der Waals surface area contributed by atoms with Gasteiger partial charge in [0.25, 0.3) is 0 Å². The fourth-order valence-corrected chi connectivity index (χ4v) is 5.95. The van der Waals surface area contributed by atoms with Crippen molar-refractivity contribution in [2.45, 2.75) is 37.6 Å². The van der Waals surface area contributed by atoms with E-state index in [9.17, 15) is 13.2 Å². The first-order valence-corrected chi connectivity index (χ1v) is 12.1. The minimum Gasteiger partial charge on any atom is -0.370 e. The zero-order valence-electron chi connectivity index (χ0n) is 16.9. The summed E-state index contributed by atoms with van der Waals surface area (Å²) in [4.78, 5) is 19.5. The number of carbonyl (C=O) groups excluding carboxylic acids is 1. The van der Waals surface area contributed by atoms with Gasteiger partial charge in [-0.15, -0.1) is 0 Å². The topological polar surface area (TPSA) is 102 Å². The highest BCUT2D eigenvalue weighted by Crippen LogP contribution is 2.32. The zero-order valence-corrected chi connectivity index (χ0v) is 17.7. The molecule has 3 fully saturated rings. The van der Waals surface area contributed by atoms with Crippen LogP contribution in [0.1, 0.15) is 17.8 Å². The van der Waals surface area contributed by atoms with Crippen molar-refractivity contribution in [3.05, 3.63) is 35.8 Å². The van der Waals surface area contributed by atoms with Crippen molar-refractivity contribution in [3.8, 4) is 0 Å². The number of nitrogens with zero attached hydrogens (tertiary/aromatic N) is 3. The monoisotopic (exact) mass is 434 g/mol. The van der Waals surface area contributed by atoms with Crippen LogP contribution in [0, 0.1) is 6.92 Å². The van der Waals surface area contributed by atoms with Crippen LogP contribution < -0.4 is 5.32 Å². The van der Waals surface area contributed by atoms with Crippen LogP contribution in [-0.4, -0.2) is 84.2 Å². The molecule has 5 heterocycles. The molecule has 2 aromatic heterocycles. The molecule has 0 aliphatic carbocycles. The molecule has 10 heteroatoms. The van der Waals surface area contributed by atoms with Crippen molar-refractivity contribution in [2.75, 3.05) is 37.8 Å². The Labute approximate surface area is 175 Å². The van der Waals surface area contributed by atoms with Gasteiger partial charge in [-0.05, 0) is 19.1 Å². The van der Waals surface area contributed by atoms with E-state index in [4.69, 9.17) is 9.47 Å². The average Bonchev–Trinajstić information content (AvgIpc) is 3.22. The third-order valence-corrected chi connectivity index (χ3v) is 8.00. The van der Waals surface area contributed by atoms with Crippen LogP contribution in [-0.2, 0) is 30.7 Å². The SMILES string of the molecule is Cc1nc2ccccn2c1CN1CCO[C@@]2(CO[C@H](C(=O)NC3CS(=O)(=O)C3)C2)C1. The molecule has 3 aliphatic heterocycles. The molecular formula is C20H26N4O5S. The van der Waals surface area contributed by atoms with Gasteiger partial charge in [-0.1, -0.05) is 6.07 Å². The smallest absolute Gasteiger partial charge is 0.249 e. The molecule has 3 saturated heterocycles. The number of aromatic nitrogens is 2. The minimum absolute atomic E-state index is 0.0134. The Bertz CT molecular complexity index is 1070. The molecule has 162 valence electrons. The number of pyridine rings is 1. The van der Waals surface area contributed by atoms with Crippen LogP contribution in [0.4, 0.5) is 0 Å². The number of carbonyl (C=O) groups is 1. The summed E-state index contributed by atoms with van der Waals surface area (Å²) >= 11 is 0. The van der Waals surface area contributed by atoms with Crippen molar-refractivity contribution >= 4 is 21.4 Å². The molecule has 0 bridgehead atoms. The highest BCUT2D eigenvalue weighted by Gasteiger charge is 2.48. The van der Waals surface area contributed by atoms with Gasteiger partial charge in [-0.25, -0.2) is 13.4 Å². The summed E-state index contributed by atoms with van der Waals surface area (Å²) in [5, 5.41) is 2.79. The van der Waals surface area contributed by atoms with Gasteiger partial charge in [0.15, 0.2) is 9.84 Å². The largest absolute Gasteiger partial charge is 0.370 e. The summed E-state index contributed by atoms with van der Waals surface area (Å²) in [7, 11) is -2.97. The molecule has 1 spiro atoms. The molecule has 0 saturated carbocycles. The average molecular weight is 435 g/mol. The number of hydrogen-bond acceptors (Lipinski definition) is 7. The third-order valence-electron chi connectivity index (χ3n) is 6.18. The van der Waals surface area contributed by atoms with E-state index < -0.39 is 21.5 Å². The first-order chi connectivity index (χ1) is 14.3. The van der Waals surface area contributed by atoms with Gasteiger partial charge in [0.05, 0.1) is 42.1 Å². The first-order valence-electron chi connectivity index (χ1n) is 10.2. The molecule has 3 aliphatic rings. The summed E-state index contributed by atoms with van der Waals surface area (Å²) in [6.45, 7) is 5.19. The fourth-order valence-electron chi connectivity index (χ4n) is 4.65. The lowest BCUT2D eigenvalue weighted by atomic mass is 9.97.